The van der Waals surface area contributed by atoms with E-state index in [9.17, 15) is 9.59 Å². The Hall–Kier alpha value is -1.87. The molecule has 26 heavy (non-hydrogen) atoms. The molecule has 0 aromatic carbocycles. The van der Waals surface area contributed by atoms with Gasteiger partial charge in [0.15, 0.2) is 11.0 Å². The molecule has 1 aliphatic carbocycles. The number of primary amides is 1. The van der Waals surface area contributed by atoms with Crippen LogP contribution in [0.25, 0.3) is 10.7 Å². The van der Waals surface area contributed by atoms with Gasteiger partial charge < -0.3 is 10.3 Å². The van der Waals surface area contributed by atoms with Gasteiger partial charge in [0.05, 0.1) is 10.1 Å². The van der Waals surface area contributed by atoms with Gasteiger partial charge in [0.2, 0.25) is 5.91 Å². The van der Waals surface area contributed by atoms with E-state index in [4.69, 9.17) is 5.73 Å². The molecular weight excluding hydrogens is 370 g/mol. The Bertz CT molecular complexity index is 829. The predicted molar refractivity (Wildman–Crippen MR) is 103 cm³/mol. The van der Waals surface area contributed by atoms with Gasteiger partial charge in [0.1, 0.15) is 0 Å². The second-order valence-electron chi connectivity index (χ2n) is 6.55. The van der Waals surface area contributed by atoms with E-state index < -0.39 is 17.2 Å². The predicted octanol–water partition coefficient (Wildman–Crippen LogP) is 2.73. The lowest BCUT2D eigenvalue weighted by molar-refractivity contribution is -0.119. The number of urea groups is 1. The van der Waals surface area contributed by atoms with E-state index in [1.54, 1.807) is 18.3 Å². The Labute approximate surface area is 160 Å². The van der Waals surface area contributed by atoms with Crippen LogP contribution in [-0.2, 0) is 24.7 Å². The van der Waals surface area contributed by atoms with Gasteiger partial charge in [0.25, 0.3) is 0 Å². The summed E-state index contributed by atoms with van der Waals surface area (Å²) in [6.07, 6.45) is 4.77. The smallest absolute Gasteiger partial charge is 0.318 e. The summed E-state index contributed by atoms with van der Waals surface area (Å²) in [7, 11) is 1.89. The number of aromatic nitrogens is 3. The lowest BCUT2D eigenvalue weighted by Gasteiger charge is -2.19. The molecule has 140 valence electrons. The normalized spacial score (nSPS) is 17.6. The third kappa shape index (κ3) is 3.93. The number of carbonyl (C=O) groups excluding carboxylic acids is 2. The van der Waals surface area contributed by atoms with Crippen molar-refractivity contribution in [2.24, 2.45) is 18.7 Å². The van der Waals surface area contributed by atoms with Crippen LogP contribution in [0.1, 0.15) is 37.1 Å². The largest absolute Gasteiger partial charge is 0.351 e. The number of imide groups is 1. The summed E-state index contributed by atoms with van der Waals surface area (Å²) in [6.45, 7) is 3.96. The van der Waals surface area contributed by atoms with Crippen molar-refractivity contribution in [3.8, 4) is 10.7 Å². The number of carbonyl (C=O) groups is 2. The number of amides is 3. The maximum Gasteiger partial charge on any atom is 0.318 e. The van der Waals surface area contributed by atoms with E-state index in [0.717, 1.165) is 29.5 Å². The molecule has 2 aromatic rings. The van der Waals surface area contributed by atoms with Crippen LogP contribution in [0, 0.1) is 5.92 Å². The number of thioether (sulfide) groups is 1. The molecule has 0 aliphatic heterocycles. The Morgan fingerprint density at radius 1 is 1.50 bits per heavy atom. The molecule has 0 bridgehead atoms. The Morgan fingerprint density at radius 2 is 2.27 bits per heavy atom. The topological polar surface area (TPSA) is 103 Å². The number of fused-ring (bicyclic) bond motifs is 1. The van der Waals surface area contributed by atoms with E-state index in [0.29, 0.717) is 5.16 Å². The summed E-state index contributed by atoms with van der Waals surface area (Å²) >= 11 is 3.04. The van der Waals surface area contributed by atoms with E-state index >= 15 is 0 Å². The number of hydrogen-bond donors (Lipinski definition) is 2. The molecule has 2 atom stereocenters. The van der Waals surface area contributed by atoms with Crippen molar-refractivity contribution in [3.63, 3.8) is 0 Å². The van der Waals surface area contributed by atoms with Crippen LogP contribution in [0.5, 0.6) is 0 Å². The number of nitrogens with one attached hydrogen (secondary N) is 1. The van der Waals surface area contributed by atoms with Crippen LogP contribution in [0.2, 0.25) is 0 Å². The standard InChI is InChI=1S/C17H23N5O2S2/c1-4-10-5-6-12-11(7-10)8-13(26-12)14-20-21-17(22(14)3)25-9(2)15(23)19-16(18)24/h8-10H,4-7H2,1-3H3,(H3,18,19,23,24)/t9-,10-/m1/s1. The quantitative estimate of drug-likeness (QED) is 0.760. The fourth-order valence-electron chi connectivity index (χ4n) is 3.12. The van der Waals surface area contributed by atoms with Gasteiger partial charge in [-0.15, -0.1) is 21.5 Å². The number of nitrogens with zero attached hydrogens (tertiary/aromatic N) is 3. The zero-order valence-corrected chi connectivity index (χ0v) is 16.7. The average Bonchev–Trinajstić information content (AvgIpc) is 3.17. The second kappa shape index (κ2) is 7.79. The third-order valence-electron chi connectivity index (χ3n) is 4.72. The Kier molecular flexibility index (Phi) is 5.67. The van der Waals surface area contributed by atoms with Crippen LogP contribution in [-0.4, -0.2) is 32.0 Å². The highest BCUT2D eigenvalue weighted by molar-refractivity contribution is 8.00. The van der Waals surface area contributed by atoms with Crippen molar-refractivity contribution in [2.45, 2.75) is 49.9 Å². The van der Waals surface area contributed by atoms with Crippen molar-refractivity contribution in [2.75, 3.05) is 0 Å². The monoisotopic (exact) mass is 393 g/mol. The molecule has 2 aromatic heterocycles. The van der Waals surface area contributed by atoms with Crippen molar-refractivity contribution >= 4 is 35.0 Å². The lowest BCUT2D eigenvalue weighted by Crippen LogP contribution is -2.39. The highest BCUT2D eigenvalue weighted by Crippen LogP contribution is 2.38. The summed E-state index contributed by atoms with van der Waals surface area (Å²) in [5.41, 5.74) is 6.43. The lowest BCUT2D eigenvalue weighted by atomic mass is 9.87. The maximum atomic E-state index is 11.8. The molecule has 0 radical (unpaired) electrons. The molecule has 3 rings (SSSR count). The van der Waals surface area contributed by atoms with Crippen molar-refractivity contribution in [1.82, 2.24) is 20.1 Å². The van der Waals surface area contributed by atoms with Crippen LogP contribution in [0.15, 0.2) is 11.2 Å². The molecule has 0 unspecified atom stereocenters. The van der Waals surface area contributed by atoms with Gasteiger partial charge in [-0.3, -0.25) is 10.1 Å². The molecule has 2 heterocycles. The second-order valence-corrected chi connectivity index (χ2v) is 9.00. The summed E-state index contributed by atoms with van der Waals surface area (Å²) in [4.78, 5) is 25.2. The maximum absolute atomic E-state index is 11.8. The van der Waals surface area contributed by atoms with Gasteiger partial charge >= 0.3 is 6.03 Å². The van der Waals surface area contributed by atoms with Crippen molar-refractivity contribution in [3.05, 3.63) is 16.5 Å². The summed E-state index contributed by atoms with van der Waals surface area (Å²) in [5.74, 6) is 1.15. The molecule has 7 nitrogen and oxygen atoms in total. The summed E-state index contributed by atoms with van der Waals surface area (Å²) in [5, 5.41) is 10.8. The first kappa shape index (κ1) is 18.9. The van der Waals surface area contributed by atoms with Crippen LogP contribution in [0.4, 0.5) is 4.79 Å². The molecule has 0 saturated carbocycles. The minimum atomic E-state index is -0.851. The minimum Gasteiger partial charge on any atom is -0.351 e. The van der Waals surface area contributed by atoms with Crippen molar-refractivity contribution in [1.29, 1.82) is 0 Å². The fraction of sp³-hybridized carbons (Fsp3) is 0.529. The average molecular weight is 394 g/mol. The SMILES string of the molecule is CC[C@@H]1CCc2sc(-c3nnc(S[C@H](C)C(=O)NC(N)=O)n3C)cc2C1. The van der Waals surface area contributed by atoms with Gasteiger partial charge in [-0.25, -0.2) is 4.79 Å². The Balaban J connectivity index is 1.76. The number of nitrogens with two attached hydrogens (primary N) is 1. The number of rotatable bonds is 5. The first-order chi connectivity index (χ1) is 12.4. The van der Waals surface area contributed by atoms with E-state index in [1.807, 2.05) is 11.6 Å². The van der Waals surface area contributed by atoms with E-state index in [1.165, 1.54) is 35.0 Å². The fourth-order valence-corrected chi connectivity index (χ4v) is 5.17. The molecular formula is C17H23N5O2S2. The Morgan fingerprint density at radius 3 is 2.96 bits per heavy atom. The van der Waals surface area contributed by atoms with Crippen LogP contribution >= 0.6 is 23.1 Å². The van der Waals surface area contributed by atoms with Gasteiger partial charge in [-0.2, -0.15) is 0 Å². The minimum absolute atomic E-state index is 0.441. The van der Waals surface area contributed by atoms with Crippen LogP contribution in [0.3, 0.4) is 0 Å². The molecule has 1 aliphatic rings. The molecule has 9 heteroatoms. The zero-order chi connectivity index (χ0) is 18.8. The third-order valence-corrected chi connectivity index (χ3v) is 7.08. The first-order valence-electron chi connectivity index (χ1n) is 8.67. The van der Waals surface area contributed by atoms with E-state index in [-0.39, 0.29) is 0 Å². The first-order valence-corrected chi connectivity index (χ1v) is 10.4. The molecule has 0 saturated heterocycles. The molecule has 0 fully saturated rings. The van der Waals surface area contributed by atoms with Gasteiger partial charge in [-0.1, -0.05) is 25.1 Å². The number of aryl methyl sites for hydroxylation is 1. The highest BCUT2D eigenvalue weighted by atomic mass is 32.2. The van der Waals surface area contributed by atoms with Crippen molar-refractivity contribution < 1.29 is 9.59 Å². The zero-order valence-electron chi connectivity index (χ0n) is 15.1. The number of hydrogen-bond acceptors (Lipinski definition) is 6. The van der Waals surface area contributed by atoms with Crippen LogP contribution < -0.4 is 11.1 Å². The highest BCUT2D eigenvalue weighted by Gasteiger charge is 2.24. The molecule has 3 amide bonds. The molecule has 0 spiro atoms. The summed E-state index contributed by atoms with van der Waals surface area (Å²) in [6, 6.07) is 1.39. The molecule has 3 N–H and O–H groups in total. The summed E-state index contributed by atoms with van der Waals surface area (Å²) < 4.78 is 1.90. The van der Waals surface area contributed by atoms with E-state index in [2.05, 4.69) is 28.5 Å². The van der Waals surface area contributed by atoms with Gasteiger partial charge in [-0.05, 0) is 43.7 Å². The number of thiophene rings is 1. The van der Waals surface area contributed by atoms with Gasteiger partial charge in [0, 0.05) is 11.9 Å².